The number of nitro groups is 1. The van der Waals surface area contributed by atoms with Gasteiger partial charge in [-0.1, -0.05) is 115 Å². The highest BCUT2D eigenvalue weighted by molar-refractivity contribution is 7.90. The molecule has 3 amide bonds. The number of sulfonamides is 1. The second-order valence-corrected chi connectivity index (χ2v) is 16.4. The minimum atomic E-state index is -4.54. The van der Waals surface area contributed by atoms with Crippen molar-refractivity contribution >= 4 is 39.0 Å². The molecule has 13 heteroatoms. The van der Waals surface area contributed by atoms with Crippen LogP contribution in [0.25, 0.3) is 11.1 Å². The van der Waals surface area contributed by atoms with E-state index in [4.69, 9.17) is 0 Å². The molecular weight excluding hydrogens is 777 g/mol. The van der Waals surface area contributed by atoms with Gasteiger partial charge in [0.05, 0.1) is 15.9 Å². The van der Waals surface area contributed by atoms with Gasteiger partial charge in [0.1, 0.15) is 5.69 Å². The molecule has 1 atom stereocenters. The lowest BCUT2D eigenvalue weighted by atomic mass is 9.98. The third kappa shape index (κ3) is 9.54. The van der Waals surface area contributed by atoms with Crippen LogP contribution in [0.1, 0.15) is 33.1 Å². The van der Waals surface area contributed by atoms with Crippen molar-refractivity contribution in [1.29, 1.82) is 0 Å². The number of rotatable bonds is 13. The maximum absolute atomic E-state index is 13.9. The van der Waals surface area contributed by atoms with Gasteiger partial charge in [0.25, 0.3) is 21.6 Å². The second kappa shape index (κ2) is 18.4. The molecular formula is C47H46N6O6S. The van der Waals surface area contributed by atoms with Crippen molar-refractivity contribution in [3.8, 4) is 11.1 Å². The summed E-state index contributed by atoms with van der Waals surface area (Å²) >= 11 is 0. The van der Waals surface area contributed by atoms with E-state index in [9.17, 15) is 28.1 Å². The summed E-state index contributed by atoms with van der Waals surface area (Å²) in [5, 5.41) is 12.3. The molecule has 6 aromatic rings. The highest BCUT2D eigenvalue weighted by Gasteiger charge is 2.31. The summed E-state index contributed by atoms with van der Waals surface area (Å²) in [6, 6.07) is 46.9. The maximum Gasteiger partial charge on any atom is 0.324 e. The van der Waals surface area contributed by atoms with Crippen molar-refractivity contribution in [2.45, 2.75) is 23.9 Å². The first-order chi connectivity index (χ1) is 29.0. The molecule has 1 N–H and O–H groups in total. The number of nitrogens with zero attached hydrogens (tertiary/aromatic N) is 5. The predicted molar refractivity (Wildman–Crippen MR) is 234 cm³/mol. The minimum absolute atomic E-state index is 0.109. The Morgan fingerprint density at radius 2 is 1.35 bits per heavy atom. The van der Waals surface area contributed by atoms with Gasteiger partial charge in [0.15, 0.2) is 0 Å². The molecule has 1 unspecified atom stereocenters. The lowest BCUT2D eigenvalue weighted by Crippen LogP contribution is -2.46. The quantitative estimate of drug-likeness (QED) is 0.0911. The normalized spacial score (nSPS) is 13.6. The van der Waals surface area contributed by atoms with E-state index < -0.39 is 43.5 Å². The number of urea groups is 1. The zero-order chi connectivity index (χ0) is 42.2. The van der Waals surface area contributed by atoms with Gasteiger partial charge < -0.3 is 9.80 Å². The molecule has 7 rings (SSSR count). The SMILES string of the molecule is CN(C(=O)N(C)C(Cc1ccccc1)c1ccccc1)c1ccc(S(=O)(=O)NC(=O)c2ccc(N3CCN(Cc4ccccc4-c4ccccc4)CC3)cc2)cc1[N+](=O)[O-]. The van der Waals surface area contributed by atoms with Crippen molar-refractivity contribution in [1.82, 2.24) is 14.5 Å². The molecule has 60 heavy (non-hydrogen) atoms. The standard InChI is InChI=1S/C47H46N6O6S/c1-49(47(55)50(2)44(37-18-10-5-11-19-37)32-35-14-6-3-7-15-35)43-27-26-41(33-45(43)53(56)57)60(58,59)48-46(54)38-22-24-40(25-23-38)52-30-28-51(29-31-52)34-39-20-12-13-21-42(39)36-16-8-4-9-17-36/h3-27,33,44H,28-32,34H2,1-2H3,(H,48,54). The summed E-state index contributed by atoms with van der Waals surface area (Å²) in [7, 11) is -1.52. The van der Waals surface area contributed by atoms with Crippen molar-refractivity contribution in [2.24, 2.45) is 0 Å². The van der Waals surface area contributed by atoms with E-state index in [1.54, 1.807) is 31.3 Å². The minimum Gasteiger partial charge on any atom is -0.369 e. The molecule has 1 heterocycles. The van der Waals surface area contributed by atoms with Crippen LogP contribution < -0.4 is 14.5 Å². The van der Waals surface area contributed by atoms with Crippen molar-refractivity contribution < 1.29 is 22.9 Å². The van der Waals surface area contributed by atoms with E-state index in [0.717, 1.165) is 66.6 Å². The first-order valence-electron chi connectivity index (χ1n) is 19.6. The van der Waals surface area contributed by atoms with Crippen LogP contribution >= 0.6 is 0 Å². The average molecular weight is 823 g/mol. The van der Waals surface area contributed by atoms with Crippen LogP contribution in [-0.4, -0.2) is 75.4 Å². The lowest BCUT2D eigenvalue weighted by molar-refractivity contribution is -0.384. The first-order valence-corrected chi connectivity index (χ1v) is 21.1. The number of amides is 3. The van der Waals surface area contributed by atoms with Crippen LogP contribution in [0.2, 0.25) is 0 Å². The Kier molecular flexibility index (Phi) is 12.7. The fraction of sp³-hybridized carbons (Fsp3) is 0.191. The van der Waals surface area contributed by atoms with E-state index in [-0.39, 0.29) is 11.3 Å². The molecule has 0 aliphatic carbocycles. The molecule has 1 saturated heterocycles. The van der Waals surface area contributed by atoms with Gasteiger partial charge in [0, 0.05) is 64.1 Å². The Bertz CT molecular complexity index is 2550. The van der Waals surface area contributed by atoms with Crippen molar-refractivity contribution in [3.63, 3.8) is 0 Å². The summed E-state index contributed by atoms with van der Waals surface area (Å²) in [4.78, 5) is 45.5. The summed E-state index contributed by atoms with van der Waals surface area (Å²) < 4.78 is 29.0. The molecule has 0 spiro atoms. The van der Waals surface area contributed by atoms with Crippen LogP contribution in [0.5, 0.6) is 0 Å². The van der Waals surface area contributed by atoms with E-state index in [0.29, 0.717) is 6.42 Å². The zero-order valence-corrected chi connectivity index (χ0v) is 34.2. The number of carbonyl (C=O) groups is 2. The predicted octanol–water partition coefficient (Wildman–Crippen LogP) is 8.17. The fourth-order valence-corrected chi connectivity index (χ4v) is 8.58. The summed E-state index contributed by atoms with van der Waals surface area (Å²) in [6.45, 7) is 4.07. The largest absolute Gasteiger partial charge is 0.369 e. The number of piperazine rings is 1. The van der Waals surface area contributed by atoms with E-state index in [1.807, 2.05) is 83.6 Å². The van der Waals surface area contributed by atoms with Crippen LogP contribution in [0.4, 0.5) is 21.9 Å². The molecule has 0 aromatic heterocycles. The molecule has 306 valence electrons. The second-order valence-electron chi connectivity index (χ2n) is 14.7. The van der Waals surface area contributed by atoms with Crippen molar-refractivity contribution in [3.05, 3.63) is 190 Å². The number of hydrogen-bond donors (Lipinski definition) is 1. The third-order valence-electron chi connectivity index (χ3n) is 10.9. The highest BCUT2D eigenvalue weighted by atomic mass is 32.2. The number of carbonyl (C=O) groups excluding carboxylic acids is 2. The number of anilines is 2. The Morgan fingerprint density at radius 3 is 2.00 bits per heavy atom. The summed E-state index contributed by atoms with van der Waals surface area (Å²) in [5.74, 6) is -0.880. The molecule has 0 radical (unpaired) electrons. The van der Waals surface area contributed by atoms with Gasteiger partial charge in [-0.15, -0.1) is 0 Å². The van der Waals surface area contributed by atoms with E-state index >= 15 is 0 Å². The zero-order valence-electron chi connectivity index (χ0n) is 33.4. The Hall–Kier alpha value is -6.83. The van der Waals surface area contributed by atoms with Gasteiger partial charge in [0.2, 0.25) is 0 Å². The molecule has 0 saturated carbocycles. The van der Waals surface area contributed by atoms with Gasteiger partial charge in [-0.3, -0.25) is 24.7 Å². The molecule has 12 nitrogen and oxygen atoms in total. The molecule has 0 bridgehead atoms. The number of benzene rings is 6. The van der Waals surface area contributed by atoms with Crippen molar-refractivity contribution in [2.75, 3.05) is 50.1 Å². The Balaban J connectivity index is 0.989. The molecule has 1 aliphatic heterocycles. The van der Waals surface area contributed by atoms with Crippen LogP contribution in [0, 0.1) is 10.1 Å². The summed E-state index contributed by atoms with van der Waals surface area (Å²) in [5.41, 5.74) is 5.86. The molecule has 6 aromatic carbocycles. The Labute approximate surface area is 350 Å². The summed E-state index contributed by atoms with van der Waals surface area (Å²) in [6.07, 6.45) is 0.491. The van der Waals surface area contributed by atoms with Crippen LogP contribution in [0.15, 0.2) is 163 Å². The average Bonchev–Trinajstić information content (AvgIpc) is 3.28. The fourth-order valence-electron chi connectivity index (χ4n) is 7.59. The topological polar surface area (TPSA) is 136 Å². The highest BCUT2D eigenvalue weighted by Crippen LogP contribution is 2.33. The number of likely N-dealkylation sites (N-methyl/N-ethyl adjacent to an activating group) is 1. The van der Waals surface area contributed by atoms with Gasteiger partial charge in [-0.2, -0.15) is 0 Å². The lowest BCUT2D eigenvalue weighted by Gasteiger charge is -2.36. The maximum atomic E-state index is 13.9. The van der Waals surface area contributed by atoms with Gasteiger partial charge in [-0.25, -0.2) is 17.9 Å². The number of nitro benzene ring substituents is 1. The molecule has 1 aliphatic rings. The van der Waals surface area contributed by atoms with E-state index in [2.05, 4.69) is 46.2 Å². The number of hydrogen-bond acceptors (Lipinski definition) is 8. The Morgan fingerprint density at radius 1 is 0.750 bits per heavy atom. The van der Waals surface area contributed by atoms with Crippen LogP contribution in [-0.2, 0) is 23.0 Å². The smallest absolute Gasteiger partial charge is 0.324 e. The third-order valence-corrected chi connectivity index (χ3v) is 12.2. The first kappa shape index (κ1) is 41.3. The van der Waals surface area contributed by atoms with Gasteiger partial charge >= 0.3 is 6.03 Å². The molecule has 1 fully saturated rings. The number of nitrogens with one attached hydrogen (secondary N) is 1. The van der Waals surface area contributed by atoms with Crippen LogP contribution in [0.3, 0.4) is 0 Å². The van der Waals surface area contributed by atoms with E-state index in [1.165, 1.54) is 34.7 Å². The van der Waals surface area contributed by atoms with Gasteiger partial charge in [-0.05, 0) is 70.6 Å². The monoisotopic (exact) mass is 822 g/mol.